The summed E-state index contributed by atoms with van der Waals surface area (Å²) in [5, 5.41) is 4.72. The van der Waals surface area contributed by atoms with E-state index in [-0.39, 0.29) is 0 Å². The van der Waals surface area contributed by atoms with E-state index in [1.54, 1.807) is 12.7 Å². The van der Waals surface area contributed by atoms with Crippen molar-refractivity contribution in [3.8, 4) is 89.3 Å². The zero-order chi connectivity index (χ0) is 49.0. The molecule has 0 N–H and O–H groups in total. The number of aromatic nitrogens is 8. The summed E-state index contributed by atoms with van der Waals surface area (Å²) >= 11 is 0. The molecule has 0 radical (unpaired) electrons. The number of para-hydroxylation sites is 4. The predicted molar refractivity (Wildman–Crippen MR) is 300 cm³/mol. The molecule has 0 aliphatic heterocycles. The Labute approximate surface area is 426 Å². The molecular formula is C66H42N8. The number of hydrogen-bond donors (Lipinski definition) is 0. The van der Waals surface area contributed by atoms with Crippen molar-refractivity contribution >= 4 is 43.6 Å². The van der Waals surface area contributed by atoms with Gasteiger partial charge in [-0.2, -0.15) is 0 Å². The second-order valence-corrected chi connectivity index (χ2v) is 18.6. The van der Waals surface area contributed by atoms with Crippen molar-refractivity contribution in [1.82, 2.24) is 39.0 Å². The van der Waals surface area contributed by atoms with Crippen LogP contribution in [0.3, 0.4) is 0 Å². The maximum absolute atomic E-state index is 4.68. The molecule has 6 heterocycles. The fourth-order valence-corrected chi connectivity index (χ4v) is 10.8. The largest absolute Gasteiger partial charge is 0.307 e. The van der Waals surface area contributed by atoms with Crippen molar-refractivity contribution in [3.63, 3.8) is 0 Å². The molecule has 8 nitrogen and oxygen atoms in total. The molecule has 0 saturated heterocycles. The van der Waals surface area contributed by atoms with Crippen LogP contribution in [0.1, 0.15) is 0 Å². The number of nitrogens with zero attached hydrogens (tertiary/aromatic N) is 8. The van der Waals surface area contributed by atoms with E-state index in [0.29, 0.717) is 0 Å². The lowest BCUT2D eigenvalue weighted by Crippen LogP contribution is -1.99. The van der Waals surface area contributed by atoms with Gasteiger partial charge in [-0.3, -0.25) is 9.97 Å². The zero-order valence-corrected chi connectivity index (χ0v) is 39.8. The average Bonchev–Trinajstić information content (AvgIpc) is 4.04. The highest BCUT2D eigenvalue weighted by Crippen LogP contribution is 2.48. The van der Waals surface area contributed by atoms with Gasteiger partial charge in [-0.05, 0) is 129 Å². The normalized spacial score (nSPS) is 11.5. The Kier molecular flexibility index (Phi) is 10.3. The summed E-state index contributed by atoms with van der Waals surface area (Å²) in [7, 11) is 0. The molecule has 8 aromatic carbocycles. The smallest absolute Gasteiger partial charge is 0.115 e. The molecule has 346 valence electrons. The van der Waals surface area contributed by atoms with Gasteiger partial charge in [-0.15, -0.1) is 0 Å². The third-order valence-electron chi connectivity index (χ3n) is 14.2. The number of hydrogen-bond acceptors (Lipinski definition) is 6. The summed E-state index contributed by atoms with van der Waals surface area (Å²) in [5.74, 6) is 0. The Morgan fingerprint density at radius 2 is 0.622 bits per heavy atom. The molecular weight excluding hydrogens is 905 g/mol. The van der Waals surface area contributed by atoms with E-state index in [2.05, 4.69) is 233 Å². The van der Waals surface area contributed by atoms with Gasteiger partial charge in [0.05, 0.1) is 22.1 Å². The fraction of sp³-hybridized carbons (Fsp3) is 0. The lowest BCUT2D eigenvalue weighted by Gasteiger charge is -2.16. The first-order valence-electron chi connectivity index (χ1n) is 24.6. The highest BCUT2D eigenvalue weighted by molar-refractivity contribution is 6.28. The summed E-state index contributed by atoms with van der Waals surface area (Å²) in [6.45, 7) is 0. The van der Waals surface area contributed by atoms with Gasteiger partial charge < -0.3 is 9.13 Å². The lowest BCUT2D eigenvalue weighted by atomic mass is 9.89. The second kappa shape index (κ2) is 17.9. The highest BCUT2D eigenvalue weighted by Gasteiger charge is 2.25. The molecule has 0 fully saturated rings. The second-order valence-electron chi connectivity index (χ2n) is 18.6. The number of pyridine rings is 2. The molecule has 14 rings (SSSR count). The van der Waals surface area contributed by atoms with Crippen LogP contribution in [-0.4, -0.2) is 39.0 Å². The van der Waals surface area contributed by atoms with Gasteiger partial charge in [0.2, 0.25) is 0 Å². The molecule has 0 unspecified atom stereocenters. The first-order valence-corrected chi connectivity index (χ1v) is 24.6. The molecule has 74 heavy (non-hydrogen) atoms. The van der Waals surface area contributed by atoms with E-state index in [4.69, 9.17) is 0 Å². The van der Waals surface area contributed by atoms with Gasteiger partial charge in [0, 0.05) is 116 Å². The first kappa shape index (κ1) is 42.7. The zero-order valence-electron chi connectivity index (χ0n) is 39.8. The van der Waals surface area contributed by atoms with Crippen LogP contribution in [0.4, 0.5) is 0 Å². The summed E-state index contributed by atoms with van der Waals surface area (Å²) < 4.78 is 4.93. The van der Waals surface area contributed by atoms with E-state index in [1.165, 1.54) is 21.5 Å². The fourth-order valence-electron chi connectivity index (χ4n) is 10.8. The van der Waals surface area contributed by atoms with E-state index in [9.17, 15) is 0 Å². The first-order chi connectivity index (χ1) is 36.7. The van der Waals surface area contributed by atoms with Gasteiger partial charge in [0.1, 0.15) is 12.7 Å². The molecule has 0 spiro atoms. The quantitative estimate of drug-likeness (QED) is 0.143. The van der Waals surface area contributed by atoms with Crippen molar-refractivity contribution in [2.24, 2.45) is 0 Å². The van der Waals surface area contributed by atoms with Crippen molar-refractivity contribution in [2.45, 2.75) is 0 Å². The minimum absolute atomic E-state index is 0.915. The van der Waals surface area contributed by atoms with Crippen LogP contribution in [0.15, 0.2) is 256 Å². The maximum Gasteiger partial charge on any atom is 0.115 e. The van der Waals surface area contributed by atoms with Crippen LogP contribution in [0, 0.1) is 0 Å². The molecule has 0 atom stereocenters. The molecule has 0 saturated carbocycles. The maximum atomic E-state index is 4.68. The molecule has 6 aromatic heterocycles. The number of fused-ring (bicyclic) bond motifs is 7. The Morgan fingerprint density at radius 1 is 0.243 bits per heavy atom. The van der Waals surface area contributed by atoms with Gasteiger partial charge in [0.25, 0.3) is 0 Å². The van der Waals surface area contributed by atoms with E-state index in [1.807, 2.05) is 49.6 Å². The third-order valence-corrected chi connectivity index (χ3v) is 14.2. The molecule has 0 aliphatic carbocycles. The Bertz CT molecular complexity index is 4270. The minimum atomic E-state index is 0.915. The molecule has 14 aromatic rings. The number of benzene rings is 8. The van der Waals surface area contributed by atoms with Gasteiger partial charge in [-0.1, -0.05) is 109 Å². The van der Waals surface area contributed by atoms with Gasteiger partial charge >= 0.3 is 0 Å². The van der Waals surface area contributed by atoms with Crippen LogP contribution in [-0.2, 0) is 0 Å². The van der Waals surface area contributed by atoms with Crippen LogP contribution in [0.5, 0.6) is 0 Å². The summed E-state index contributed by atoms with van der Waals surface area (Å²) in [4.78, 5) is 26.4. The summed E-state index contributed by atoms with van der Waals surface area (Å²) in [6, 6.07) is 70.7. The van der Waals surface area contributed by atoms with Crippen LogP contribution in [0.25, 0.3) is 133 Å². The van der Waals surface area contributed by atoms with E-state index < -0.39 is 0 Å². The number of rotatable bonds is 9. The summed E-state index contributed by atoms with van der Waals surface area (Å²) in [6.07, 6.45) is 18.0. The van der Waals surface area contributed by atoms with Crippen LogP contribution >= 0.6 is 0 Å². The lowest BCUT2D eigenvalue weighted by molar-refractivity contribution is 1.15. The monoisotopic (exact) mass is 946 g/mol. The Morgan fingerprint density at radius 3 is 1.15 bits per heavy atom. The third kappa shape index (κ3) is 7.40. The molecule has 8 heteroatoms. The average molecular weight is 947 g/mol. The van der Waals surface area contributed by atoms with Crippen molar-refractivity contribution in [2.75, 3.05) is 0 Å². The Hall–Kier alpha value is -10.2. The standard InChI is InChI=1S/C66H42N8/c1-3-17-56(18-4-1)73-62-23-9-7-21-58(62)61-32-60(64-59-22-8-10-24-63(59)74(66(64)65(61)73)57-19-5-2-6-20-57)49-28-47(43-13-11-15-45(25-43)50-30-52(35-67-33-50)54-37-69-41-70-38-54)27-48(29-49)44-14-12-16-46(26-44)51-31-53(36-68-34-51)55-39-71-42-72-40-55/h1-42H. The van der Waals surface area contributed by atoms with Crippen molar-refractivity contribution < 1.29 is 0 Å². The highest BCUT2D eigenvalue weighted by atomic mass is 15.0. The van der Waals surface area contributed by atoms with E-state index in [0.717, 1.165) is 111 Å². The van der Waals surface area contributed by atoms with Crippen LogP contribution in [0.2, 0.25) is 0 Å². The molecule has 0 amide bonds. The molecule has 0 bridgehead atoms. The van der Waals surface area contributed by atoms with Crippen molar-refractivity contribution in [1.29, 1.82) is 0 Å². The SMILES string of the molecule is c1ccc(-n2c3ccccc3c3cc(-c4cc(-c5cccc(-c6cncc(-c7cncnc7)c6)c5)cc(-c5cccc(-c6cncc(-c7cncnc7)c6)c5)c4)c4c5ccccc5n(-c5ccccc5)c4c32)cc1. The topological polar surface area (TPSA) is 87.2 Å². The van der Waals surface area contributed by atoms with Gasteiger partial charge in [0.15, 0.2) is 0 Å². The Balaban J connectivity index is 1.05. The predicted octanol–water partition coefficient (Wildman–Crippen LogP) is 15.9. The van der Waals surface area contributed by atoms with Crippen LogP contribution < -0.4 is 0 Å². The van der Waals surface area contributed by atoms with E-state index >= 15 is 0 Å². The molecule has 0 aliphatic rings. The summed E-state index contributed by atoms with van der Waals surface area (Å²) in [5.41, 5.74) is 21.3. The minimum Gasteiger partial charge on any atom is -0.307 e. The van der Waals surface area contributed by atoms with Gasteiger partial charge in [-0.25, -0.2) is 19.9 Å². The van der Waals surface area contributed by atoms with Crippen molar-refractivity contribution in [3.05, 3.63) is 256 Å².